The van der Waals surface area contributed by atoms with E-state index in [0.717, 1.165) is 30.0 Å². The quantitative estimate of drug-likeness (QED) is 0.696. The summed E-state index contributed by atoms with van der Waals surface area (Å²) in [7, 11) is 1.47. The number of hydrogen-bond acceptors (Lipinski definition) is 5. The second-order valence-corrected chi connectivity index (χ2v) is 9.68. The van der Waals surface area contributed by atoms with Gasteiger partial charge < -0.3 is 14.8 Å². The number of carbonyl (C=O) groups is 3. The summed E-state index contributed by atoms with van der Waals surface area (Å²) >= 11 is 0. The molecule has 0 radical (unpaired) electrons. The van der Waals surface area contributed by atoms with E-state index in [9.17, 15) is 14.4 Å². The molecule has 2 N–H and O–H groups in total. The van der Waals surface area contributed by atoms with Crippen molar-refractivity contribution in [2.24, 2.45) is 17.8 Å². The molecule has 0 aromatic heterocycles. The van der Waals surface area contributed by atoms with Gasteiger partial charge in [-0.15, -0.1) is 0 Å². The van der Waals surface area contributed by atoms with Crippen molar-refractivity contribution in [3.63, 3.8) is 0 Å². The van der Waals surface area contributed by atoms with Gasteiger partial charge in [0, 0.05) is 5.54 Å². The Morgan fingerprint density at radius 2 is 1.56 bits per heavy atom. The monoisotopic (exact) mass is 436 g/mol. The van der Waals surface area contributed by atoms with Crippen molar-refractivity contribution in [2.45, 2.75) is 44.1 Å². The summed E-state index contributed by atoms with van der Waals surface area (Å²) in [4.78, 5) is 37.3. The molecule has 7 nitrogen and oxygen atoms in total. The Balaban J connectivity index is 1.17. The number of hydrogen-bond donors (Lipinski definition) is 2. The van der Waals surface area contributed by atoms with Gasteiger partial charge in [-0.3, -0.25) is 10.1 Å². The predicted octanol–water partition coefficient (Wildman–Crippen LogP) is 3.80. The van der Waals surface area contributed by atoms with Crippen LogP contribution >= 0.6 is 0 Å². The zero-order valence-corrected chi connectivity index (χ0v) is 18.2. The normalized spacial score (nSPS) is 27.7. The first-order valence-corrected chi connectivity index (χ1v) is 11.3. The third kappa shape index (κ3) is 4.04. The first-order chi connectivity index (χ1) is 15.4. The van der Waals surface area contributed by atoms with Crippen LogP contribution in [0.4, 0.5) is 4.79 Å². The highest BCUT2D eigenvalue weighted by Gasteiger charge is 2.51. The summed E-state index contributed by atoms with van der Waals surface area (Å²) in [6.07, 6.45) is 6.81. The van der Waals surface area contributed by atoms with Crippen LogP contribution in [-0.4, -0.2) is 37.2 Å². The fourth-order valence-corrected chi connectivity index (χ4v) is 6.46. The predicted molar refractivity (Wildman–Crippen MR) is 118 cm³/mol. The molecule has 0 spiro atoms. The lowest BCUT2D eigenvalue weighted by atomic mass is 9.53. The van der Waals surface area contributed by atoms with Crippen LogP contribution in [0.1, 0.15) is 48.9 Å². The standard InChI is InChI=1S/C25H28N2O5/c1-31-21-10-19-5-3-2-4-18(19)9-20(21)23(29)32-14-22(28)26-24(30)27-25-11-15-6-16(12-25)8-17(7-15)13-25/h2-5,9-10,15-17H,6-8,11-14H2,1H3,(H2,26,27,28,30). The molecule has 4 bridgehead atoms. The Kier molecular flexibility index (Phi) is 5.27. The molecule has 0 aliphatic heterocycles. The lowest BCUT2D eigenvalue weighted by Gasteiger charge is -2.56. The van der Waals surface area contributed by atoms with Gasteiger partial charge in [-0.05, 0) is 79.2 Å². The number of carbonyl (C=O) groups excluding carboxylic acids is 3. The van der Waals surface area contributed by atoms with Crippen LogP contribution in [0.2, 0.25) is 0 Å². The Morgan fingerprint density at radius 3 is 2.16 bits per heavy atom. The highest BCUT2D eigenvalue weighted by Crippen LogP contribution is 2.55. The Bertz CT molecular complexity index is 1040. The highest BCUT2D eigenvalue weighted by atomic mass is 16.5. The molecule has 4 saturated carbocycles. The fourth-order valence-electron chi connectivity index (χ4n) is 6.46. The van der Waals surface area contributed by atoms with E-state index in [-0.39, 0.29) is 11.1 Å². The van der Waals surface area contributed by atoms with Gasteiger partial charge in [0.2, 0.25) is 0 Å². The molecule has 2 aromatic rings. The largest absolute Gasteiger partial charge is 0.496 e. The van der Waals surface area contributed by atoms with E-state index in [1.165, 1.54) is 26.4 Å². The minimum atomic E-state index is -0.677. The number of urea groups is 1. The maximum absolute atomic E-state index is 12.6. The summed E-state index contributed by atoms with van der Waals surface area (Å²) < 4.78 is 10.5. The molecule has 7 heteroatoms. The smallest absolute Gasteiger partial charge is 0.342 e. The fraction of sp³-hybridized carbons (Fsp3) is 0.480. The van der Waals surface area contributed by atoms with Gasteiger partial charge in [0.15, 0.2) is 6.61 Å². The van der Waals surface area contributed by atoms with Crippen LogP contribution < -0.4 is 15.4 Å². The van der Waals surface area contributed by atoms with Crippen LogP contribution in [0.3, 0.4) is 0 Å². The molecule has 4 aliphatic rings. The first-order valence-electron chi connectivity index (χ1n) is 11.3. The number of methoxy groups -OCH3 is 1. The van der Waals surface area contributed by atoms with E-state index in [0.29, 0.717) is 23.5 Å². The molecule has 4 aliphatic carbocycles. The number of imide groups is 1. The van der Waals surface area contributed by atoms with E-state index >= 15 is 0 Å². The van der Waals surface area contributed by atoms with Crippen molar-refractivity contribution >= 4 is 28.7 Å². The minimum Gasteiger partial charge on any atom is -0.496 e. The van der Waals surface area contributed by atoms with Gasteiger partial charge >= 0.3 is 12.0 Å². The van der Waals surface area contributed by atoms with Crippen LogP contribution in [-0.2, 0) is 9.53 Å². The average molecular weight is 437 g/mol. The van der Waals surface area contributed by atoms with Gasteiger partial charge in [0.05, 0.1) is 7.11 Å². The Morgan fingerprint density at radius 1 is 0.969 bits per heavy atom. The molecule has 0 atom stereocenters. The Hall–Kier alpha value is -3.09. The number of amides is 3. The molecular weight excluding hydrogens is 408 g/mol. The maximum Gasteiger partial charge on any atom is 0.342 e. The lowest BCUT2D eigenvalue weighted by molar-refractivity contribution is -0.123. The third-order valence-electron chi connectivity index (χ3n) is 7.29. The second kappa shape index (κ2) is 8.11. The number of esters is 1. The molecule has 0 unspecified atom stereocenters. The van der Waals surface area contributed by atoms with Crippen LogP contribution in [0.5, 0.6) is 5.75 Å². The van der Waals surface area contributed by atoms with Crippen molar-refractivity contribution in [1.29, 1.82) is 0 Å². The zero-order chi connectivity index (χ0) is 22.3. The summed E-state index contributed by atoms with van der Waals surface area (Å²) in [6.45, 7) is -0.539. The molecule has 2 aromatic carbocycles. The average Bonchev–Trinajstić information content (AvgIpc) is 2.75. The molecule has 0 heterocycles. The number of ether oxygens (including phenoxy) is 2. The first kappa shape index (κ1) is 20.8. The van der Waals surface area contributed by atoms with Gasteiger partial charge in [-0.1, -0.05) is 24.3 Å². The van der Waals surface area contributed by atoms with Gasteiger partial charge in [-0.2, -0.15) is 0 Å². The zero-order valence-electron chi connectivity index (χ0n) is 18.2. The van der Waals surface area contributed by atoms with E-state index < -0.39 is 24.5 Å². The summed E-state index contributed by atoms with van der Waals surface area (Å²) in [6, 6.07) is 10.5. The van der Waals surface area contributed by atoms with Crippen molar-refractivity contribution < 1.29 is 23.9 Å². The third-order valence-corrected chi connectivity index (χ3v) is 7.29. The number of fused-ring (bicyclic) bond motifs is 1. The maximum atomic E-state index is 12.6. The Labute approximate surface area is 186 Å². The van der Waals surface area contributed by atoms with E-state index in [1.807, 2.05) is 24.3 Å². The highest BCUT2D eigenvalue weighted by molar-refractivity contribution is 6.00. The van der Waals surface area contributed by atoms with Crippen LogP contribution in [0.25, 0.3) is 10.8 Å². The molecule has 4 fully saturated rings. The summed E-state index contributed by atoms with van der Waals surface area (Å²) in [5.74, 6) is 1.11. The van der Waals surface area contributed by atoms with Crippen molar-refractivity contribution in [2.75, 3.05) is 13.7 Å². The summed E-state index contributed by atoms with van der Waals surface area (Å²) in [5, 5.41) is 7.20. The van der Waals surface area contributed by atoms with Crippen molar-refractivity contribution in [1.82, 2.24) is 10.6 Å². The topological polar surface area (TPSA) is 93.7 Å². The SMILES string of the molecule is COc1cc2ccccc2cc1C(=O)OCC(=O)NC(=O)NC12CC3CC(CC(C3)C1)C2. The number of rotatable bonds is 5. The van der Waals surface area contributed by atoms with Crippen molar-refractivity contribution in [3.8, 4) is 5.75 Å². The minimum absolute atomic E-state index is 0.186. The van der Waals surface area contributed by atoms with Gasteiger partial charge in [0.1, 0.15) is 11.3 Å². The van der Waals surface area contributed by atoms with E-state index in [4.69, 9.17) is 9.47 Å². The molecule has 3 amide bonds. The van der Waals surface area contributed by atoms with E-state index in [2.05, 4.69) is 10.6 Å². The molecule has 32 heavy (non-hydrogen) atoms. The van der Waals surface area contributed by atoms with Gasteiger partial charge in [0.25, 0.3) is 5.91 Å². The molecule has 168 valence electrons. The molecule has 6 rings (SSSR count). The molecule has 0 saturated heterocycles. The van der Waals surface area contributed by atoms with E-state index in [1.54, 1.807) is 12.1 Å². The number of benzene rings is 2. The van der Waals surface area contributed by atoms with Crippen LogP contribution in [0.15, 0.2) is 36.4 Å². The lowest BCUT2D eigenvalue weighted by Crippen LogP contribution is -2.62. The summed E-state index contributed by atoms with van der Waals surface area (Å²) in [5.41, 5.74) is 0.0471. The van der Waals surface area contributed by atoms with Gasteiger partial charge in [-0.25, -0.2) is 9.59 Å². The second-order valence-electron chi connectivity index (χ2n) is 9.68. The van der Waals surface area contributed by atoms with Crippen LogP contribution in [0, 0.1) is 17.8 Å². The van der Waals surface area contributed by atoms with Crippen molar-refractivity contribution in [3.05, 3.63) is 42.0 Å². The number of nitrogens with one attached hydrogen (secondary N) is 2. The molecular formula is C25H28N2O5.